The Kier molecular flexibility index (Phi) is 4.24. The van der Waals surface area contributed by atoms with Crippen molar-refractivity contribution in [3.05, 3.63) is 35.1 Å². The Labute approximate surface area is 90.5 Å². The van der Waals surface area contributed by atoms with Crippen LogP contribution in [0.15, 0.2) is 18.2 Å². The van der Waals surface area contributed by atoms with E-state index in [1.807, 2.05) is 6.07 Å². The first-order valence-electron chi connectivity index (χ1n) is 5.28. The molecule has 0 saturated carbocycles. The minimum atomic E-state index is -0.183. The van der Waals surface area contributed by atoms with Crippen molar-refractivity contribution in [3.8, 4) is 0 Å². The molecule has 2 unspecified atom stereocenters. The quantitative estimate of drug-likeness (QED) is 0.799. The van der Waals surface area contributed by atoms with Crippen molar-refractivity contribution in [2.45, 2.75) is 26.3 Å². The SMILES string of the molecule is Cc1cc(C(N)C(C)CCN)ccc1F. The van der Waals surface area contributed by atoms with Crippen LogP contribution in [0.1, 0.15) is 30.5 Å². The molecule has 4 N–H and O–H groups in total. The molecule has 0 saturated heterocycles. The molecule has 0 bridgehead atoms. The van der Waals surface area contributed by atoms with Gasteiger partial charge in [-0.25, -0.2) is 4.39 Å². The Morgan fingerprint density at radius 3 is 2.60 bits per heavy atom. The van der Waals surface area contributed by atoms with Crippen molar-refractivity contribution < 1.29 is 4.39 Å². The summed E-state index contributed by atoms with van der Waals surface area (Å²) in [4.78, 5) is 0. The fourth-order valence-corrected chi connectivity index (χ4v) is 1.65. The molecule has 3 heteroatoms. The van der Waals surface area contributed by atoms with Crippen molar-refractivity contribution in [2.24, 2.45) is 17.4 Å². The monoisotopic (exact) mass is 210 g/mol. The number of rotatable bonds is 4. The van der Waals surface area contributed by atoms with E-state index in [-0.39, 0.29) is 11.9 Å². The zero-order valence-corrected chi connectivity index (χ0v) is 9.33. The van der Waals surface area contributed by atoms with Crippen LogP contribution in [0.5, 0.6) is 0 Å². The first-order chi connectivity index (χ1) is 7.06. The Bertz CT molecular complexity index is 325. The zero-order valence-electron chi connectivity index (χ0n) is 9.33. The normalized spacial score (nSPS) is 15.0. The summed E-state index contributed by atoms with van der Waals surface area (Å²) in [5.74, 6) is 0.136. The van der Waals surface area contributed by atoms with E-state index in [1.54, 1.807) is 13.0 Å². The minimum absolute atomic E-state index is 0.0622. The fourth-order valence-electron chi connectivity index (χ4n) is 1.65. The molecule has 0 aromatic heterocycles. The maximum absolute atomic E-state index is 13.1. The van der Waals surface area contributed by atoms with Gasteiger partial charge in [-0.15, -0.1) is 0 Å². The van der Waals surface area contributed by atoms with Crippen molar-refractivity contribution in [2.75, 3.05) is 6.54 Å². The highest BCUT2D eigenvalue weighted by Crippen LogP contribution is 2.23. The topological polar surface area (TPSA) is 52.0 Å². The van der Waals surface area contributed by atoms with E-state index in [0.717, 1.165) is 12.0 Å². The molecule has 2 atom stereocenters. The van der Waals surface area contributed by atoms with Gasteiger partial charge in [0.25, 0.3) is 0 Å². The molecule has 1 rings (SSSR count). The third-order valence-corrected chi connectivity index (χ3v) is 2.80. The molecule has 2 nitrogen and oxygen atoms in total. The Hall–Kier alpha value is -0.930. The second-order valence-corrected chi connectivity index (χ2v) is 4.09. The van der Waals surface area contributed by atoms with Gasteiger partial charge < -0.3 is 11.5 Å². The molecule has 0 radical (unpaired) electrons. The summed E-state index contributed by atoms with van der Waals surface area (Å²) >= 11 is 0. The minimum Gasteiger partial charge on any atom is -0.330 e. The van der Waals surface area contributed by atoms with E-state index >= 15 is 0 Å². The molecule has 0 fully saturated rings. The van der Waals surface area contributed by atoms with Gasteiger partial charge in [0.15, 0.2) is 0 Å². The van der Waals surface area contributed by atoms with E-state index in [4.69, 9.17) is 11.5 Å². The van der Waals surface area contributed by atoms with Crippen LogP contribution in [0.3, 0.4) is 0 Å². The summed E-state index contributed by atoms with van der Waals surface area (Å²) in [6, 6.07) is 4.97. The number of hydrogen-bond donors (Lipinski definition) is 2. The summed E-state index contributed by atoms with van der Waals surface area (Å²) in [6.45, 7) is 4.45. The van der Waals surface area contributed by atoms with Crippen molar-refractivity contribution in [3.63, 3.8) is 0 Å². The molecule has 0 spiro atoms. The number of hydrogen-bond acceptors (Lipinski definition) is 2. The molecule has 1 aromatic rings. The highest BCUT2D eigenvalue weighted by Gasteiger charge is 2.14. The summed E-state index contributed by atoms with van der Waals surface area (Å²) in [7, 11) is 0. The summed E-state index contributed by atoms with van der Waals surface area (Å²) in [6.07, 6.45) is 0.886. The van der Waals surface area contributed by atoms with E-state index in [1.165, 1.54) is 6.07 Å². The lowest BCUT2D eigenvalue weighted by Crippen LogP contribution is -2.21. The van der Waals surface area contributed by atoms with E-state index in [9.17, 15) is 4.39 Å². The van der Waals surface area contributed by atoms with Crippen LogP contribution in [0.4, 0.5) is 4.39 Å². The van der Waals surface area contributed by atoms with Gasteiger partial charge in [-0.3, -0.25) is 0 Å². The predicted octanol–water partition coefficient (Wildman–Crippen LogP) is 2.12. The lowest BCUT2D eigenvalue weighted by atomic mass is 9.92. The van der Waals surface area contributed by atoms with Gasteiger partial charge in [0.05, 0.1) is 0 Å². The largest absolute Gasteiger partial charge is 0.330 e. The van der Waals surface area contributed by atoms with Crippen molar-refractivity contribution in [1.82, 2.24) is 0 Å². The van der Waals surface area contributed by atoms with Crippen LogP contribution in [-0.2, 0) is 0 Å². The second-order valence-electron chi connectivity index (χ2n) is 4.09. The van der Waals surface area contributed by atoms with Gasteiger partial charge in [0, 0.05) is 6.04 Å². The highest BCUT2D eigenvalue weighted by molar-refractivity contribution is 5.26. The molecule has 84 valence electrons. The number of halogens is 1. The van der Waals surface area contributed by atoms with Crippen molar-refractivity contribution >= 4 is 0 Å². The zero-order chi connectivity index (χ0) is 11.4. The van der Waals surface area contributed by atoms with Crippen LogP contribution in [0.2, 0.25) is 0 Å². The summed E-state index contributed by atoms with van der Waals surface area (Å²) in [5, 5.41) is 0. The molecule has 15 heavy (non-hydrogen) atoms. The second kappa shape index (κ2) is 5.24. The first-order valence-corrected chi connectivity index (χ1v) is 5.28. The van der Waals surface area contributed by atoms with E-state index < -0.39 is 0 Å². The van der Waals surface area contributed by atoms with E-state index in [2.05, 4.69) is 6.92 Å². The van der Waals surface area contributed by atoms with Crippen molar-refractivity contribution in [1.29, 1.82) is 0 Å². The number of aryl methyl sites for hydroxylation is 1. The molecular weight excluding hydrogens is 191 g/mol. The van der Waals surface area contributed by atoms with Crippen LogP contribution in [0.25, 0.3) is 0 Å². The number of nitrogens with two attached hydrogens (primary N) is 2. The third-order valence-electron chi connectivity index (χ3n) is 2.80. The average Bonchev–Trinajstić information content (AvgIpc) is 2.21. The standard InChI is InChI=1S/C12H19FN2/c1-8(5-6-14)12(15)10-3-4-11(13)9(2)7-10/h3-4,7-8,12H,5-6,14-15H2,1-2H3. The van der Waals surface area contributed by atoms with E-state index in [0.29, 0.717) is 18.0 Å². The van der Waals surface area contributed by atoms with Crippen LogP contribution in [-0.4, -0.2) is 6.54 Å². The smallest absolute Gasteiger partial charge is 0.126 e. The average molecular weight is 210 g/mol. The first kappa shape index (κ1) is 12.1. The molecular formula is C12H19FN2. The van der Waals surface area contributed by atoms with Gasteiger partial charge in [-0.1, -0.05) is 19.1 Å². The summed E-state index contributed by atoms with van der Waals surface area (Å²) in [5.41, 5.74) is 13.2. The maximum atomic E-state index is 13.1. The fraction of sp³-hybridized carbons (Fsp3) is 0.500. The van der Waals surface area contributed by atoms with Gasteiger partial charge in [0.2, 0.25) is 0 Å². The van der Waals surface area contributed by atoms with Gasteiger partial charge in [-0.2, -0.15) is 0 Å². The predicted molar refractivity (Wildman–Crippen MR) is 60.9 cm³/mol. The third kappa shape index (κ3) is 3.01. The Balaban J connectivity index is 2.81. The Morgan fingerprint density at radius 2 is 2.07 bits per heavy atom. The number of benzene rings is 1. The molecule has 0 heterocycles. The van der Waals surface area contributed by atoms with Gasteiger partial charge in [0.1, 0.15) is 5.82 Å². The lowest BCUT2D eigenvalue weighted by molar-refractivity contribution is 0.443. The van der Waals surface area contributed by atoms with Crippen LogP contribution < -0.4 is 11.5 Å². The molecule has 0 amide bonds. The maximum Gasteiger partial charge on any atom is 0.126 e. The molecule has 0 aliphatic heterocycles. The molecule has 0 aliphatic carbocycles. The summed E-state index contributed by atoms with van der Waals surface area (Å²) < 4.78 is 13.1. The Morgan fingerprint density at radius 1 is 1.40 bits per heavy atom. The van der Waals surface area contributed by atoms with Crippen LogP contribution >= 0.6 is 0 Å². The van der Waals surface area contributed by atoms with Crippen LogP contribution in [0, 0.1) is 18.7 Å². The van der Waals surface area contributed by atoms with Gasteiger partial charge in [-0.05, 0) is 43.0 Å². The lowest BCUT2D eigenvalue weighted by Gasteiger charge is -2.20. The van der Waals surface area contributed by atoms with Gasteiger partial charge >= 0.3 is 0 Å². The molecule has 1 aromatic carbocycles. The highest BCUT2D eigenvalue weighted by atomic mass is 19.1. The molecule has 0 aliphatic rings.